The second-order valence-electron chi connectivity index (χ2n) is 5.03. The van der Waals surface area contributed by atoms with Gasteiger partial charge in [-0.05, 0) is 28.1 Å². The Morgan fingerprint density at radius 2 is 2.11 bits per heavy atom. The van der Waals surface area contributed by atoms with E-state index in [1.54, 1.807) is 12.1 Å². The molecule has 27 heavy (non-hydrogen) atoms. The zero-order valence-electron chi connectivity index (χ0n) is 14.5. The van der Waals surface area contributed by atoms with E-state index in [1.807, 2.05) is 4.98 Å². The standard InChI is InChI=1S/C15H17BrN6O5/c1-26-9-4-3-8(11(16)12(9)27-2)7-18-20-10(23)5-6-17-13-14(24)19-15(25)22-21-13/h3-4,7H,5-6H2,1-2H3,(H,17,21)(H,20,23)(H2,19,22,24,25)/b18-7+. The average molecular weight is 441 g/mol. The van der Waals surface area contributed by atoms with Crippen LogP contribution >= 0.6 is 15.9 Å². The average Bonchev–Trinajstić information content (AvgIpc) is 2.64. The van der Waals surface area contributed by atoms with Crippen LogP contribution in [0.25, 0.3) is 0 Å². The van der Waals surface area contributed by atoms with E-state index in [0.717, 1.165) is 0 Å². The number of aromatic nitrogens is 3. The maximum atomic E-state index is 11.8. The molecule has 0 atom stereocenters. The molecule has 0 radical (unpaired) electrons. The van der Waals surface area contributed by atoms with Crippen LogP contribution in [0.4, 0.5) is 5.82 Å². The number of halogens is 1. The third-order valence-electron chi connectivity index (χ3n) is 3.26. The number of carbonyl (C=O) groups excluding carboxylic acids is 1. The second-order valence-corrected chi connectivity index (χ2v) is 5.82. The number of rotatable bonds is 8. The van der Waals surface area contributed by atoms with Crippen LogP contribution in [-0.2, 0) is 4.79 Å². The molecule has 0 unspecified atom stereocenters. The van der Waals surface area contributed by atoms with Crippen LogP contribution in [0.3, 0.4) is 0 Å². The van der Waals surface area contributed by atoms with Crippen LogP contribution in [0, 0.1) is 0 Å². The van der Waals surface area contributed by atoms with E-state index < -0.39 is 11.2 Å². The Kier molecular flexibility index (Phi) is 7.11. The lowest BCUT2D eigenvalue weighted by atomic mass is 10.2. The Bertz CT molecular complexity index is 954. The molecule has 0 bridgehead atoms. The number of nitrogens with one attached hydrogen (secondary N) is 4. The number of H-pyrrole nitrogens is 2. The number of hydrogen-bond acceptors (Lipinski definition) is 8. The highest BCUT2D eigenvalue weighted by Crippen LogP contribution is 2.36. The molecule has 2 rings (SSSR count). The third kappa shape index (κ3) is 5.41. The van der Waals surface area contributed by atoms with Crippen molar-refractivity contribution in [2.24, 2.45) is 5.10 Å². The number of amides is 1. The molecule has 0 aliphatic carbocycles. The van der Waals surface area contributed by atoms with Crippen molar-refractivity contribution in [2.75, 3.05) is 26.1 Å². The predicted molar refractivity (Wildman–Crippen MR) is 102 cm³/mol. The summed E-state index contributed by atoms with van der Waals surface area (Å²) >= 11 is 3.40. The minimum atomic E-state index is -0.709. The summed E-state index contributed by atoms with van der Waals surface area (Å²) in [5.74, 6) is 0.606. The van der Waals surface area contributed by atoms with Crippen molar-refractivity contribution in [2.45, 2.75) is 6.42 Å². The van der Waals surface area contributed by atoms with Gasteiger partial charge in [0.1, 0.15) is 0 Å². The number of hydrazone groups is 1. The maximum Gasteiger partial charge on any atom is 0.342 e. The molecule has 0 saturated carbocycles. The monoisotopic (exact) mass is 440 g/mol. The number of carbonyl (C=O) groups is 1. The van der Waals surface area contributed by atoms with Gasteiger partial charge in [0.2, 0.25) is 11.7 Å². The van der Waals surface area contributed by atoms with Gasteiger partial charge in [0.15, 0.2) is 11.5 Å². The van der Waals surface area contributed by atoms with E-state index >= 15 is 0 Å². The van der Waals surface area contributed by atoms with Crippen molar-refractivity contribution in [3.8, 4) is 11.5 Å². The molecule has 0 aliphatic rings. The minimum absolute atomic E-state index is 0.0324. The summed E-state index contributed by atoms with van der Waals surface area (Å²) in [6.07, 6.45) is 1.48. The lowest BCUT2D eigenvalue weighted by Crippen LogP contribution is -2.28. The summed E-state index contributed by atoms with van der Waals surface area (Å²) in [6.45, 7) is 0.129. The van der Waals surface area contributed by atoms with Gasteiger partial charge in [-0.3, -0.25) is 14.6 Å². The number of benzene rings is 1. The fraction of sp³-hybridized carbons (Fsp3) is 0.267. The predicted octanol–water partition coefficient (Wildman–Crippen LogP) is 0.190. The number of ether oxygens (including phenoxy) is 2. The molecule has 2 aromatic rings. The number of methoxy groups -OCH3 is 2. The van der Waals surface area contributed by atoms with Gasteiger partial charge < -0.3 is 14.8 Å². The van der Waals surface area contributed by atoms with Crippen molar-refractivity contribution in [3.63, 3.8) is 0 Å². The molecule has 1 amide bonds. The zero-order chi connectivity index (χ0) is 19.8. The molecule has 0 saturated heterocycles. The van der Waals surface area contributed by atoms with Crippen LogP contribution < -0.4 is 31.5 Å². The van der Waals surface area contributed by atoms with Crippen LogP contribution in [0.2, 0.25) is 0 Å². The molecule has 0 fully saturated rings. The van der Waals surface area contributed by atoms with Gasteiger partial charge in [0.25, 0.3) is 5.56 Å². The van der Waals surface area contributed by atoms with Gasteiger partial charge in [0.05, 0.1) is 24.9 Å². The fourth-order valence-electron chi connectivity index (χ4n) is 2.00. The van der Waals surface area contributed by atoms with Gasteiger partial charge in [-0.1, -0.05) is 0 Å². The zero-order valence-corrected chi connectivity index (χ0v) is 16.0. The highest BCUT2D eigenvalue weighted by atomic mass is 79.9. The quantitative estimate of drug-likeness (QED) is 0.337. The summed E-state index contributed by atoms with van der Waals surface area (Å²) in [5, 5.41) is 12.1. The van der Waals surface area contributed by atoms with Gasteiger partial charge >= 0.3 is 5.69 Å². The van der Waals surface area contributed by atoms with E-state index in [1.165, 1.54) is 20.4 Å². The van der Waals surface area contributed by atoms with Crippen molar-refractivity contribution in [1.82, 2.24) is 20.6 Å². The first-order valence-corrected chi connectivity index (χ1v) is 8.40. The number of anilines is 1. The van der Waals surface area contributed by atoms with Gasteiger partial charge in [-0.15, -0.1) is 5.10 Å². The van der Waals surface area contributed by atoms with E-state index in [9.17, 15) is 14.4 Å². The summed E-state index contributed by atoms with van der Waals surface area (Å²) in [5.41, 5.74) is 1.66. The smallest absolute Gasteiger partial charge is 0.342 e. The first-order valence-electron chi connectivity index (χ1n) is 7.61. The molecule has 1 aromatic heterocycles. The second kappa shape index (κ2) is 9.52. The van der Waals surface area contributed by atoms with Gasteiger partial charge in [-0.2, -0.15) is 5.10 Å². The number of nitrogens with zero attached hydrogens (tertiary/aromatic N) is 2. The Labute approximate surface area is 161 Å². The Hall–Kier alpha value is -3.15. The molecule has 4 N–H and O–H groups in total. The summed E-state index contributed by atoms with van der Waals surface area (Å²) in [4.78, 5) is 36.1. The topological polar surface area (TPSA) is 151 Å². The van der Waals surface area contributed by atoms with E-state index in [0.29, 0.717) is 21.5 Å². The first-order chi connectivity index (χ1) is 13.0. The first kappa shape index (κ1) is 20.2. The Morgan fingerprint density at radius 1 is 1.33 bits per heavy atom. The molecule has 0 spiro atoms. The summed E-state index contributed by atoms with van der Waals surface area (Å²) < 4.78 is 11.1. The molecule has 11 nitrogen and oxygen atoms in total. The summed E-state index contributed by atoms with van der Waals surface area (Å²) in [7, 11) is 3.05. The van der Waals surface area contributed by atoms with Crippen molar-refractivity contribution in [1.29, 1.82) is 0 Å². The largest absolute Gasteiger partial charge is 0.493 e. The fourth-order valence-corrected chi connectivity index (χ4v) is 2.59. The Balaban J connectivity index is 1.88. The SMILES string of the molecule is COc1ccc(/C=N/NC(=O)CCNc2n[nH]c(=O)[nH]c2=O)c(Br)c1OC. The lowest BCUT2D eigenvalue weighted by Gasteiger charge is -2.10. The highest BCUT2D eigenvalue weighted by molar-refractivity contribution is 9.10. The Morgan fingerprint density at radius 3 is 2.78 bits per heavy atom. The molecule has 0 aliphatic heterocycles. The third-order valence-corrected chi connectivity index (χ3v) is 4.08. The van der Waals surface area contributed by atoms with Crippen LogP contribution in [-0.4, -0.2) is 48.1 Å². The van der Waals surface area contributed by atoms with Crippen molar-refractivity contribution < 1.29 is 14.3 Å². The van der Waals surface area contributed by atoms with Crippen LogP contribution in [0.5, 0.6) is 11.5 Å². The van der Waals surface area contributed by atoms with Crippen molar-refractivity contribution in [3.05, 3.63) is 43.0 Å². The molecular formula is C15H17BrN6O5. The highest BCUT2D eigenvalue weighted by Gasteiger charge is 2.11. The van der Waals surface area contributed by atoms with E-state index in [-0.39, 0.29) is 24.7 Å². The molecule has 1 heterocycles. The number of aromatic amines is 2. The van der Waals surface area contributed by atoms with E-state index in [2.05, 4.69) is 42.0 Å². The molecule has 144 valence electrons. The maximum absolute atomic E-state index is 11.8. The van der Waals surface area contributed by atoms with Crippen molar-refractivity contribution >= 4 is 33.9 Å². The lowest BCUT2D eigenvalue weighted by molar-refractivity contribution is -0.120. The van der Waals surface area contributed by atoms with Crippen LogP contribution in [0.15, 0.2) is 31.3 Å². The summed E-state index contributed by atoms with van der Waals surface area (Å²) in [6, 6.07) is 3.46. The number of hydrogen-bond donors (Lipinski definition) is 4. The molecule has 12 heteroatoms. The molecular weight excluding hydrogens is 424 g/mol. The normalized spacial score (nSPS) is 10.6. The molecule has 1 aromatic carbocycles. The minimum Gasteiger partial charge on any atom is -0.493 e. The van der Waals surface area contributed by atoms with Gasteiger partial charge in [-0.25, -0.2) is 15.3 Å². The van der Waals surface area contributed by atoms with Crippen LogP contribution in [0.1, 0.15) is 12.0 Å². The van der Waals surface area contributed by atoms with E-state index in [4.69, 9.17) is 9.47 Å². The van der Waals surface area contributed by atoms with Gasteiger partial charge in [0, 0.05) is 18.5 Å².